The van der Waals surface area contributed by atoms with E-state index in [-0.39, 0.29) is 11.7 Å². The van der Waals surface area contributed by atoms with E-state index < -0.39 is 0 Å². The third-order valence-electron chi connectivity index (χ3n) is 6.77. The summed E-state index contributed by atoms with van der Waals surface area (Å²) in [4.78, 5) is 26.9. The van der Waals surface area contributed by atoms with Crippen LogP contribution in [0.1, 0.15) is 78.7 Å². The predicted octanol–water partition coefficient (Wildman–Crippen LogP) is 5.22. The molecule has 1 aliphatic rings. The van der Waals surface area contributed by atoms with Crippen molar-refractivity contribution in [2.24, 2.45) is 5.92 Å². The van der Waals surface area contributed by atoms with E-state index in [1.54, 1.807) is 31.3 Å². The number of nitrogens with one attached hydrogen (secondary N) is 1. The molecule has 5 nitrogen and oxygen atoms in total. The number of rotatable bonds is 10. The predicted molar refractivity (Wildman–Crippen MR) is 155 cm³/mol. The summed E-state index contributed by atoms with van der Waals surface area (Å²) in [5, 5.41) is 5.25. The fraction of sp³-hybridized carbons (Fsp3) is 0.484. The van der Waals surface area contributed by atoms with E-state index in [1.165, 1.54) is 19.3 Å². The van der Waals surface area contributed by atoms with E-state index in [1.807, 2.05) is 19.2 Å². The SMILES string of the molecule is C1CCOCC1.C=c1ccc(C(=O)NC)c(CC)/c1=C/N(C)CC(CC)CCC(=O)c1ccc(Cl)cc1. The highest BCUT2D eigenvalue weighted by Gasteiger charge is 2.14. The molecule has 202 valence electrons. The normalized spacial score (nSPS) is 14.4. The first-order valence-corrected chi connectivity index (χ1v) is 13.8. The van der Waals surface area contributed by atoms with Crippen LogP contribution in [0.3, 0.4) is 0 Å². The van der Waals surface area contributed by atoms with E-state index in [9.17, 15) is 9.59 Å². The van der Waals surface area contributed by atoms with Gasteiger partial charge in [0.25, 0.3) is 5.91 Å². The van der Waals surface area contributed by atoms with Gasteiger partial charge in [-0.1, -0.05) is 44.5 Å². The Kier molecular flexibility index (Phi) is 13.4. The zero-order valence-corrected chi connectivity index (χ0v) is 23.7. The Morgan fingerprint density at radius 2 is 1.78 bits per heavy atom. The molecular weight excluding hydrogens is 484 g/mol. The molecule has 1 unspecified atom stereocenters. The van der Waals surface area contributed by atoms with Gasteiger partial charge in [-0.2, -0.15) is 0 Å². The monoisotopic (exact) mass is 526 g/mol. The Balaban J connectivity index is 0.000000700. The fourth-order valence-corrected chi connectivity index (χ4v) is 4.64. The van der Waals surface area contributed by atoms with Crippen LogP contribution in [0.5, 0.6) is 0 Å². The molecule has 2 aromatic rings. The molecule has 0 bridgehead atoms. The first-order chi connectivity index (χ1) is 17.8. The number of ether oxygens (including phenoxy) is 1. The summed E-state index contributed by atoms with van der Waals surface area (Å²) in [6, 6.07) is 10.8. The number of carbonyl (C=O) groups excluding carboxylic acids is 2. The summed E-state index contributed by atoms with van der Waals surface area (Å²) in [6.07, 6.45) is 9.09. The fourth-order valence-electron chi connectivity index (χ4n) is 4.51. The second kappa shape index (κ2) is 16.3. The summed E-state index contributed by atoms with van der Waals surface area (Å²) in [5.74, 6) is 0.451. The Hall–Kier alpha value is -2.63. The molecule has 3 rings (SSSR count). The Bertz CT molecular complexity index is 1100. The molecule has 0 radical (unpaired) electrons. The van der Waals surface area contributed by atoms with Crippen molar-refractivity contribution in [1.29, 1.82) is 0 Å². The minimum Gasteiger partial charge on any atom is -0.381 e. The van der Waals surface area contributed by atoms with Gasteiger partial charge < -0.3 is 15.0 Å². The van der Waals surface area contributed by atoms with E-state index in [4.69, 9.17) is 16.3 Å². The van der Waals surface area contributed by atoms with E-state index in [0.717, 1.165) is 55.0 Å². The summed E-state index contributed by atoms with van der Waals surface area (Å²) >= 11 is 5.91. The van der Waals surface area contributed by atoms with E-state index >= 15 is 0 Å². The molecule has 0 aromatic heterocycles. The van der Waals surface area contributed by atoms with E-state index in [2.05, 4.69) is 36.8 Å². The van der Waals surface area contributed by atoms with Crippen molar-refractivity contribution in [2.45, 2.75) is 58.8 Å². The quantitative estimate of drug-likeness (QED) is 0.431. The summed E-state index contributed by atoms with van der Waals surface area (Å²) in [6.45, 7) is 11.2. The van der Waals surface area contributed by atoms with Gasteiger partial charge in [-0.05, 0) is 79.1 Å². The summed E-state index contributed by atoms with van der Waals surface area (Å²) in [5.41, 5.74) is 2.40. The molecule has 1 atom stereocenters. The molecule has 6 heteroatoms. The number of Topliss-reactive ketones (excluding diaryl/α,β-unsaturated/α-hetero) is 1. The number of benzene rings is 2. The van der Waals surface area contributed by atoms with Crippen LogP contribution in [0.4, 0.5) is 0 Å². The van der Waals surface area contributed by atoms with Crippen LogP contribution in [0.2, 0.25) is 5.02 Å². The lowest BCUT2D eigenvalue weighted by Crippen LogP contribution is -2.35. The van der Waals surface area contributed by atoms with Crippen molar-refractivity contribution in [3.63, 3.8) is 0 Å². The van der Waals surface area contributed by atoms with Crippen LogP contribution in [-0.4, -0.2) is 50.4 Å². The van der Waals surface area contributed by atoms with Gasteiger partial charge in [-0.25, -0.2) is 0 Å². The van der Waals surface area contributed by atoms with Crippen molar-refractivity contribution in [2.75, 3.05) is 33.9 Å². The highest BCUT2D eigenvalue weighted by Crippen LogP contribution is 2.17. The van der Waals surface area contributed by atoms with Gasteiger partial charge in [0.2, 0.25) is 0 Å². The molecule has 1 aliphatic heterocycles. The third kappa shape index (κ3) is 9.98. The molecule has 1 N–H and O–H groups in total. The smallest absolute Gasteiger partial charge is 0.251 e. The molecule has 0 aliphatic carbocycles. The maximum atomic E-state index is 12.5. The van der Waals surface area contributed by atoms with Gasteiger partial charge in [-0.3, -0.25) is 9.59 Å². The standard InChI is InChI=1S/C26H33ClN2O2.C5H10O/c1-6-19(9-15-25(30)20-10-12-21(27)13-11-20)16-29(5)17-24-18(3)8-14-23(22(24)7-2)26(31)28-4;1-2-4-6-5-3-1/h8,10-14,17,19H,3,6-7,9,15-16H2,1-2,4-5H3,(H,28,31);1-5H2/b24-17+;. The van der Waals surface area contributed by atoms with Crippen LogP contribution in [-0.2, 0) is 11.2 Å². The third-order valence-corrected chi connectivity index (χ3v) is 7.02. The van der Waals surface area contributed by atoms with Gasteiger partial charge in [0.15, 0.2) is 5.78 Å². The van der Waals surface area contributed by atoms with Crippen LogP contribution in [0, 0.1) is 5.92 Å². The number of ketones is 1. The average Bonchev–Trinajstić information content (AvgIpc) is 2.93. The molecule has 1 saturated heterocycles. The van der Waals surface area contributed by atoms with Gasteiger partial charge in [0.05, 0.1) is 0 Å². The lowest BCUT2D eigenvalue weighted by atomic mass is 9.96. The second-order valence-corrected chi connectivity index (χ2v) is 10.0. The minimum atomic E-state index is -0.0821. The molecule has 0 saturated carbocycles. The lowest BCUT2D eigenvalue weighted by Gasteiger charge is -2.22. The Morgan fingerprint density at radius 3 is 2.30 bits per heavy atom. The number of hydrogen-bond donors (Lipinski definition) is 1. The Morgan fingerprint density at radius 1 is 1.11 bits per heavy atom. The highest BCUT2D eigenvalue weighted by atomic mass is 35.5. The molecule has 1 fully saturated rings. The zero-order valence-electron chi connectivity index (χ0n) is 22.9. The largest absolute Gasteiger partial charge is 0.381 e. The molecule has 2 aromatic carbocycles. The van der Waals surface area contributed by atoms with Crippen molar-refractivity contribution in [3.05, 3.63) is 68.5 Å². The molecular formula is C31H43ClN2O3. The zero-order chi connectivity index (χ0) is 27.2. The number of nitrogens with zero attached hydrogens (tertiary/aromatic N) is 1. The molecule has 37 heavy (non-hydrogen) atoms. The van der Waals surface area contributed by atoms with Gasteiger partial charge in [-0.15, -0.1) is 0 Å². The van der Waals surface area contributed by atoms with Crippen molar-refractivity contribution < 1.29 is 14.3 Å². The Labute approximate surface area is 227 Å². The average molecular weight is 527 g/mol. The summed E-state index contributed by atoms with van der Waals surface area (Å²) in [7, 11) is 3.68. The molecule has 1 amide bonds. The van der Waals surface area contributed by atoms with Crippen molar-refractivity contribution in [3.8, 4) is 0 Å². The topological polar surface area (TPSA) is 58.6 Å². The molecule has 0 spiro atoms. The maximum absolute atomic E-state index is 12.5. The van der Waals surface area contributed by atoms with E-state index in [0.29, 0.717) is 28.5 Å². The number of hydrogen-bond acceptors (Lipinski definition) is 4. The maximum Gasteiger partial charge on any atom is 0.251 e. The van der Waals surface area contributed by atoms with Crippen molar-refractivity contribution >= 4 is 36.1 Å². The number of halogens is 1. The summed E-state index contributed by atoms with van der Waals surface area (Å²) < 4.78 is 5.07. The number of carbonyl (C=O) groups is 2. The van der Waals surface area contributed by atoms with Crippen LogP contribution in [0.15, 0.2) is 36.4 Å². The lowest BCUT2D eigenvalue weighted by molar-refractivity contribution is 0.0957. The number of amides is 1. The van der Waals surface area contributed by atoms with Crippen LogP contribution in [0.25, 0.3) is 12.8 Å². The van der Waals surface area contributed by atoms with Gasteiger partial charge >= 0.3 is 0 Å². The van der Waals surface area contributed by atoms with Crippen LogP contribution < -0.4 is 15.8 Å². The van der Waals surface area contributed by atoms with Gasteiger partial charge in [0, 0.05) is 67.8 Å². The highest BCUT2D eigenvalue weighted by molar-refractivity contribution is 6.30. The second-order valence-electron chi connectivity index (χ2n) is 9.58. The first kappa shape index (κ1) is 30.6. The molecule has 1 heterocycles. The van der Waals surface area contributed by atoms with Crippen LogP contribution >= 0.6 is 11.6 Å². The van der Waals surface area contributed by atoms with Gasteiger partial charge in [0.1, 0.15) is 0 Å². The first-order valence-electron chi connectivity index (χ1n) is 13.4. The minimum absolute atomic E-state index is 0.0821. The van der Waals surface area contributed by atoms with Crippen molar-refractivity contribution in [1.82, 2.24) is 10.2 Å².